The molecule has 2 aromatic rings. The van der Waals surface area contributed by atoms with E-state index in [2.05, 4.69) is 5.32 Å². The molecule has 1 fully saturated rings. The number of hydrogen-bond acceptors (Lipinski definition) is 4. The molecule has 0 spiro atoms. The van der Waals surface area contributed by atoms with Crippen LogP contribution in [0.5, 0.6) is 0 Å². The fourth-order valence-electron chi connectivity index (χ4n) is 2.49. The van der Waals surface area contributed by atoms with E-state index in [4.69, 9.17) is 4.42 Å². The van der Waals surface area contributed by atoms with Crippen molar-refractivity contribution in [3.8, 4) is 0 Å². The van der Waals surface area contributed by atoms with Crippen LogP contribution in [0.3, 0.4) is 0 Å². The summed E-state index contributed by atoms with van der Waals surface area (Å²) in [4.78, 5) is 26.2. The van der Waals surface area contributed by atoms with E-state index in [-0.39, 0.29) is 23.1 Å². The second-order valence-electron chi connectivity index (χ2n) is 5.02. The van der Waals surface area contributed by atoms with Gasteiger partial charge in [-0.3, -0.25) is 9.59 Å². The van der Waals surface area contributed by atoms with Gasteiger partial charge in [-0.05, 0) is 19.1 Å². The molecule has 0 aliphatic carbocycles. The minimum absolute atomic E-state index is 0.0908. The summed E-state index contributed by atoms with van der Waals surface area (Å²) in [5, 5.41) is 3.72. The molecule has 0 bridgehead atoms. The zero-order valence-electron chi connectivity index (χ0n) is 11.3. The Balaban J connectivity index is 2.01. The van der Waals surface area contributed by atoms with Gasteiger partial charge in [-0.2, -0.15) is 0 Å². The van der Waals surface area contributed by atoms with E-state index in [0.717, 1.165) is 13.1 Å². The second kappa shape index (κ2) is 5.09. The van der Waals surface area contributed by atoms with Crippen molar-refractivity contribution in [2.45, 2.75) is 13.0 Å². The molecule has 20 heavy (non-hydrogen) atoms. The lowest BCUT2D eigenvalue weighted by Gasteiger charge is -2.33. The number of piperazine rings is 1. The molecule has 3 rings (SSSR count). The Kier molecular flexibility index (Phi) is 3.28. The number of hydrogen-bond donors (Lipinski definition) is 1. The van der Waals surface area contributed by atoms with Gasteiger partial charge in [0.05, 0.1) is 5.39 Å². The molecule has 1 N–H and O–H groups in total. The number of carbonyl (C=O) groups excluding carboxylic acids is 1. The maximum Gasteiger partial charge on any atom is 0.290 e. The summed E-state index contributed by atoms with van der Waals surface area (Å²) < 4.78 is 5.59. The second-order valence-corrected chi connectivity index (χ2v) is 5.02. The summed E-state index contributed by atoms with van der Waals surface area (Å²) in [6, 6.07) is 8.34. The van der Waals surface area contributed by atoms with Crippen LogP contribution in [0.2, 0.25) is 0 Å². The summed E-state index contributed by atoms with van der Waals surface area (Å²) in [6.07, 6.45) is 0. The first kappa shape index (κ1) is 12.9. The van der Waals surface area contributed by atoms with Crippen LogP contribution in [-0.4, -0.2) is 36.5 Å². The number of carbonyl (C=O) groups is 1. The molecule has 5 heteroatoms. The molecule has 0 unspecified atom stereocenters. The molecule has 0 saturated carbocycles. The standard InChI is InChI=1S/C15H16N2O3/c1-10-9-16-6-7-17(10)15(19)14-8-12(18)11-4-2-3-5-13(11)20-14/h2-5,8,10,16H,6-7,9H2,1H3/t10-/m1/s1. The molecule has 1 aliphatic rings. The lowest BCUT2D eigenvalue weighted by molar-refractivity contribution is 0.0623. The van der Waals surface area contributed by atoms with E-state index in [0.29, 0.717) is 17.5 Å². The first-order valence-corrected chi connectivity index (χ1v) is 6.71. The maximum atomic E-state index is 12.5. The first-order valence-electron chi connectivity index (χ1n) is 6.71. The van der Waals surface area contributed by atoms with Crippen molar-refractivity contribution in [1.82, 2.24) is 10.2 Å². The van der Waals surface area contributed by atoms with Gasteiger partial charge in [-0.1, -0.05) is 12.1 Å². The van der Waals surface area contributed by atoms with Crippen LogP contribution < -0.4 is 10.7 Å². The van der Waals surface area contributed by atoms with Crippen molar-refractivity contribution in [1.29, 1.82) is 0 Å². The number of fused-ring (bicyclic) bond motifs is 1. The molecule has 2 heterocycles. The average Bonchev–Trinajstić information content (AvgIpc) is 2.47. The number of benzene rings is 1. The zero-order valence-corrected chi connectivity index (χ0v) is 11.3. The Morgan fingerprint density at radius 3 is 3.00 bits per heavy atom. The third-order valence-electron chi connectivity index (χ3n) is 3.61. The minimum atomic E-state index is -0.221. The van der Waals surface area contributed by atoms with E-state index in [9.17, 15) is 9.59 Å². The van der Waals surface area contributed by atoms with Crippen LogP contribution in [0, 0.1) is 0 Å². The highest BCUT2D eigenvalue weighted by Crippen LogP contribution is 2.15. The maximum absolute atomic E-state index is 12.5. The van der Waals surface area contributed by atoms with Gasteiger partial charge in [0.15, 0.2) is 11.2 Å². The van der Waals surface area contributed by atoms with Gasteiger partial charge < -0.3 is 14.6 Å². The fraction of sp³-hybridized carbons (Fsp3) is 0.333. The quantitative estimate of drug-likeness (QED) is 0.848. The molecule has 1 amide bonds. The van der Waals surface area contributed by atoms with E-state index in [1.165, 1.54) is 6.07 Å². The van der Waals surface area contributed by atoms with Gasteiger partial charge in [-0.15, -0.1) is 0 Å². The van der Waals surface area contributed by atoms with Crippen LogP contribution in [0.4, 0.5) is 0 Å². The predicted molar refractivity (Wildman–Crippen MR) is 75.9 cm³/mol. The summed E-state index contributed by atoms with van der Waals surface area (Å²) in [7, 11) is 0. The molecular weight excluding hydrogens is 256 g/mol. The highest BCUT2D eigenvalue weighted by atomic mass is 16.3. The van der Waals surface area contributed by atoms with Gasteiger partial charge in [-0.25, -0.2) is 0 Å². The Labute approximate surface area is 116 Å². The molecule has 0 radical (unpaired) electrons. The van der Waals surface area contributed by atoms with Gasteiger partial charge in [0, 0.05) is 31.7 Å². The fourth-order valence-corrected chi connectivity index (χ4v) is 2.49. The summed E-state index contributed by atoms with van der Waals surface area (Å²) >= 11 is 0. The highest BCUT2D eigenvalue weighted by molar-refractivity contribution is 5.93. The average molecular weight is 272 g/mol. The van der Waals surface area contributed by atoms with Gasteiger partial charge in [0.1, 0.15) is 5.58 Å². The Morgan fingerprint density at radius 2 is 2.20 bits per heavy atom. The third-order valence-corrected chi connectivity index (χ3v) is 3.61. The SMILES string of the molecule is C[C@@H]1CNCCN1C(=O)c1cc(=O)c2ccccc2o1. The van der Waals surface area contributed by atoms with Crippen LogP contribution >= 0.6 is 0 Å². The van der Waals surface area contributed by atoms with Crippen molar-refractivity contribution in [2.75, 3.05) is 19.6 Å². The molecule has 1 atom stereocenters. The monoisotopic (exact) mass is 272 g/mol. The lowest BCUT2D eigenvalue weighted by Crippen LogP contribution is -2.52. The van der Waals surface area contributed by atoms with Crippen LogP contribution in [0.1, 0.15) is 17.5 Å². The minimum Gasteiger partial charge on any atom is -0.451 e. The predicted octanol–water partition coefficient (Wildman–Crippen LogP) is 1.23. The number of para-hydroxylation sites is 1. The van der Waals surface area contributed by atoms with Crippen LogP contribution in [-0.2, 0) is 0 Å². The van der Waals surface area contributed by atoms with Crippen molar-refractivity contribution in [2.24, 2.45) is 0 Å². The van der Waals surface area contributed by atoms with Gasteiger partial charge in [0.25, 0.3) is 5.91 Å². The smallest absolute Gasteiger partial charge is 0.290 e. The molecule has 1 aromatic carbocycles. The van der Waals surface area contributed by atoms with E-state index >= 15 is 0 Å². The van der Waals surface area contributed by atoms with Crippen LogP contribution in [0.15, 0.2) is 39.5 Å². The number of rotatable bonds is 1. The lowest BCUT2D eigenvalue weighted by atomic mass is 10.2. The van der Waals surface area contributed by atoms with E-state index < -0.39 is 0 Å². The normalized spacial score (nSPS) is 19.2. The highest BCUT2D eigenvalue weighted by Gasteiger charge is 2.26. The van der Waals surface area contributed by atoms with Gasteiger partial charge >= 0.3 is 0 Å². The molecule has 1 aromatic heterocycles. The zero-order chi connectivity index (χ0) is 14.1. The summed E-state index contributed by atoms with van der Waals surface area (Å²) in [5.74, 6) is -0.107. The third kappa shape index (κ3) is 2.20. The van der Waals surface area contributed by atoms with Crippen molar-refractivity contribution in [3.05, 3.63) is 46.3 Å². The van der Waals surface area contributed by atoms with Crippen LogP contribution in [0.25, 0.3) is 11.0 Å². The molecule has 1 saturated heterocycles. The van der Waals surface area contributed by atoms with E-state index in [1.54, 1.807) is 29.2 Å². The van der Waals surface area contributed by atoms with Crippen molar-refractivity contribution < 1.29 is 9.21 Å². The van der Waals surface area contributed by atoms with Crippen molar-refractivity contribution >= 4 is 16.9 Å². The topological polar surface area (TPSA) is 62.6 Å². The first-order chi connectivity index (χ1) is 9.66. The molecule has 104 valence electrons. The molecule has 1 aliphatic heterocycles. The summed E-state index contributed by atoms with van der Waals surface area (Å²) in [6.45, 7) is 4.11. The van der Waals surface area contributed by atoms with E-state index in [1.807, 2.05) is 6.92 Å². The number of nitrogens with zero attached hydrogens (tertiary/aromatic N) is 1. The molecular formula is C15H16N2O3. The van der Waals surface area contributed by atoms with Crippen molar-refractivity contribution in [3.63, 3.8) is 0 Å². The number of nitrogens with one attached hydrogen (secondary N) is 1. The Bertz CT molecular complexity index is 708. The molecule has 5 nitrogen and oxygen atoms in total. The summed E-state index contributed by atoms with van der Waals surface area (Å²) in [5.41, 5.74) is 0.268. The Hall–Kier alpha value is -2.14. The Morgan fingerprint density at radius 1 is 1.40 bits per heavy atom. The largest absolute Gasteiger partial charge is 0.451 e. The number of amides is 1. The van der Waals surface area contributed by atoms with Gasteiger partial charge in [0.2, 0.25) is 0 Å².